The number of rotatable bonds is 10. The first kappa shape index (κ1) is 17.2. The van der Waals surface area contributed by atoms with Crippen LogP contribution in [0, 0.1) is 5.92 Å². The van der Waals surface area contributed by atoms with E-state index in [0.29, 0.717) is 0 Å². The minimum Gasteiger partial charge on any atom is -0.383 e. The molecule has 1 N–H and O–H groups in total. The Kier molecular flexibility index (Phi) is 7.86. The van der Waals surface area contributed by atoms with Crippen LogP contribution in [0.15, 0.2) is 30.3 Å². The molecule has 0 amide bonds. The van der Waals surface area contributed by atoms with Crippen molar-refractivity contribution in [1.82, 2.24) is 5.32 Å². The van der Waals surface area contributed by atoms with Crippen molar-refractivity contribution in [1.29, 1.82) is 0 Å². The Hall–Kier alpha value is -0.860. The zero-order valence-corrected chi connectivity index (χ0v) is 13.6. The molecule has 1 aromatic carbocycles. The van der Waals surface area contributed by atoms with Crippen molar-refractivity contribution in [3.8, 4) is 0 Å². The van der Waals surface area contributed by atoms with E-state index in [1.54, 1.807) is 7.11 Å². The number of nitrogens with one attached hydrogen (secondary N) is 1. The van der Waals surface area contributed by atoms with E-state index in [-0.39, 0.29) is 5.41 Å². The second-order valence-corrected chi connectivity index (χ2v) is 6.10. The highest BCUT2D eigenvalue weighted by atomic mass is 16.5. The molecule has 0 fully saturated rings. The highest BCUT2D eigenvalue weighted by Gasteiger charge is 2.29. The molecule has 2 nitrogen and oxygen atoms in total. The molecule has 114 valence electrons. The lowest BCUT2D eigenvalue weighted by atomic mass is 9.73. The first-order valence-corrected chi connectivity index (χ1v) is 7.90. The monoisotopic (exact) mass is 277 g/mol. The molecule has 1 rings (SSSR count). The molecule has 0 heterocycles. The van der Waals surface area contributed by atoms with Gasteiger partial charge in [0.05, 0.1) is 6.61 Å². The van der Waals surface area contributed by atoms with E-state index >= 15 is 0 Å². The first-order chi connectivity index (χ1) is 9.64. The van der Waals surface area contributed by atoms with E-state index in [4.69, 9.17) is 4.74 Å². The van der Waals surface area contributed by atoms with Gasteiger partial charge in [-0.1, -0.05) is 57.5 Å². The molecular weight excluding hydrogens is 246 g/mol. The molecule has 0 aliphatic heterocycles. The number of benzene rings is 1. The number of hydrogen-bond donors (Lipinski definition) is 1. The zero-order valence-electron chi connectivity index (χ0n) is 13.6. The molecular formula is C18H31NO. The van der Waals surface area contributed by atoms with Gasteiger partial charge in [-0.2, -0.15) is 0 Å². The van der Waals surface area contributed by atoms with Crippen LogP contribution in [0.5, 0.6) is 0 Å². The van der Waals surface area contributed by atoms with Crippen LogP contribution < -0.4 is 5.32 Å². The lowest BCUT2D eigenvalue weighted by molar-refractivity contribution is 0.194. The fourth-order valence-electron chi connectivity index (χ4n) is 2.70. The Morgan fingerprint density at radius 3 is 2.45 bits per heavy atom. The van der Waals surface area contributed by atoms with Gasteiger partial charge in [0.15, 0.2) is 0 Å². The van der Waals surface area contributed by atoms with Gasteiger partial charge in [0.2, 0.25) is 0 Å². The molecule has 20 heavy (non-hydrogen) atoms. The van der Waals surface area contributed by atoms with Gasteiger partial charge in [0, 0.05) is 25.6 Å². The van der Waals surface area contributed by atoms with Gasteiger partial charge in [-0.05, 0) is 24.3 Å². The van der Waals surface area contributed by atoms with Gasteiger partial charge in [-0.15, -0.1) is 0 Å². The van der Waals surface area contributed by atoms with Gasteiger partial charge in [0.1, 0.15) is 0 Å². The summed E-state index contributed by atoms with van der Waals surface area (Å²) in [4.78, 5) is 0. The van der Waals surface area contributed by atoms with Crippen LogP contribution in [0.4, 0.5) is 0 Å². The fraction of sp³-hybridized carbons (Fsp3) is 0.667. The Balaban J connectivity index is 2.79. The summed E-state index contributed by atoms with van der Waals surface area (Å²) in [7, 11) is 1.75. The Morgan fingerprint density at radius 1 is 1.20 bits per heavy atom. The SMILES string of the molecule is CCC(CCC(C)C)(CNCCOC)c1ccccc1. The molecule has 0 radical (unpaired) electrons. The number of methoxy groups -OCH3 is 1. The van der Waals surface area contributed by atoms with Gasteiger partial charge in [-0.3, -0.25) is 0 Å². The summed E-state index contributed by atoms with van der Waals surface area (Å²) in [5.41, 5.74) is 1.72. The van der Waals surface area contributed by atoms with Crippen molar-refractivity contribution in [2.24, 2.45) is 5.92 Å². The lowest BCUT2D eigenvalue weighted by Gasteiger charge is -2.35. The van der Waals surface area contributed by atoms with Gasteiger partial charge in [-0.25, -0.2) is 0 Å². The Morgan fingerprint density at radius 2 is 1.90 bits per heavy atom. The minimum absolute atomic E-state index is 0.249. The predicted molar refractivity (Wildman–Crippen MR) is 87.2 cm³/mol. The molecule has 0 aliphatic rings. The van der Waals surface area contributed by atoms with Crippen molar-refractivity contribution < 1.29 is 4.74 Å². The van der Waals surface area contributed by atoms with Crippen molar-refractivity contribution in [2.45, 2.75) is 45.4 Å². The van der Waals surface area contributed by atoms with E-state index in [0.717, 1.165) is 25.6 Å². The molecule has 1 atom stereocenters. The van der Waals surface area contributed by atoms with Crippen molar-refractivity contribution in [3.63, 3.8) is 0 Å². The standard InChI is InChI=1S/C18H31NO/c1-5-18(12-11-16(2)3,15-19-13-14-20-4)17-9-7-6-8-10-17/h6-10,16,19H,5,11-15H2,1-4H3. The van der Waals surface area contributed by atoms with Crippen LogP contribution in [0.1, 0.15) is 45.6 Å². The third kappa shape index (κ3) is 5.26. The Bertz CT molecular complexity index is 350. The highest BCUT2D eigenvalue weighted by molar-refractivity contribution is 5.26. The fourth-order valence-corrected chi connectivity index (χ4v) is 2.70. The summed E-state index contributed by atoms with van der Waals surface area (Å²) in [6, 6.07) is 11.0. The van der Waals surface area contributed by atoms with Crippen molar-refractivity contribution in [3.05, 3.63) is 35.9 Å². The summed E-state index contributed by atoms with van der Waals surface area (Å²) in [6.07, 6.45) is 3.68. The lowest BCUT2D eigenvalue weighted by Crippen LogP contribution is -2.39. The van der Waals surface area contributed by atoms with Crippen molar-refractivity contribution >= 4 is 0 Å². The molecule has 0 saturated carbocycles. The van der Waals surface area contributed by atoms with Crippen LogP contribution in [0.3, 0.4) is 0 Å². The third-order valence-electron chi connectivity index (χ3n) is 4.21. The summed E-state index contributed by atoms with van der Waals surface area (Å²) in [5, 5.41) is 3.58. The van der Waals surface area contributed by atoms with Gasteiger partial charge >= 0.3 is 0 Å². The summed E-state index contributed by atoms with van der Waals surface area (Å²) >= 11 is 0. The van der Waals surface area contributed by atoms with Crippen LogP contribution >= 0.6 is 0 Å². The molecule has 1 unspecified atom stereocenters. The Labute approximate surface area is 124 Å². The van der Waals surface area contributed by atoms with E-state index in [1.807, 2.05) is 0 Å². The molecule has 0 bridgehead atoms. The second kappa shape index (κ2) is 9.15. The zero-order chi connectivity index (χ0) is 14.8. The first-order valence-electron chi connectivity index (χ1n) is 7.90. The molecule has 0 spiro atoms. The van der Waals surface area contributed by atoms with Gasteiger partial charge in [0.25, 0.3) is 0 Å². The largest absolute Gasteiger partial charge is 0.383 e. The van der Waals surface area contributed by atoms with Crippen LogP contribution in [-0.2, 0) is 10.2 Å². The van der Waals surface area contributed by atoms with Gasteiger partial charge < -0.3 is 10.1 Å². The molecule has 0 aliphatic carbocycles. The highest BCUT2D eigenvalue weighted by Crippen LogP contribution is 2.33. The maximum absolute atomic E-state index is 5.13. The summed E-state index contributed by atoms with van der Waals surface area (Å²) < 4.78 is 5.13. The number of hydrogen-bond acceptors (Lipinski definition) is 2. The average Bonchev–Trinajstić information content (AvgIpc) is 2.48. The van der Waals surface area contributed by atoms with Crippen LogP contribution in [0.2, 0.25) is 0 Å². The van der Waals surface area contributed by atoms with E-state index in [2.05, 4.69) is 56.4 Å². The molecule has 0 saturated heterocycles. The van der Waals surface area contributed by atoms with E-state index in [1.165, 1.54) is 24.8 Å². The average molecular weight is 277 g/mol. The van der Waals surface area contributed by atoms with Crippen LogP contribution in [-0.4, -0.2) is 26.8 Å². The number of ether oxygens (including phenoxy) is 1. The van der Waals surface area contributed by atoms with E-state index in [9.17, 15) is 0 Å². The molecule has 1 aromatic rings. The quantitative estimate of drug-likeness (QED) is 0.653. The normalized spacial score (nSPS) is 14.4. The van der Waals surface area contributed by atoms with E-state index < -0.39 is 0 Å². The second-order valence-electron chi connectivity index (χ2n) is 6.10. The predicted octanol–water partition coefficient (Wildman–Crippen LogP) is 4.01. The van der Waals surface area contributed by atoms with Crippen molar-refractivity contribution in [2.75, 3.05) is 26.8 Å². The molecule has 0 aromatic heterocycles. The maximum Gasteiger partial charge on any atom is 0.0587 e. The summed E-state index contributed by atoms with van der Waals surface area (Å²) in [5.74, 6) is 0.753. The summed E-state index contributed by atoms with van der Waals surface area (Å²) in [6.45, 7) is 9.66. The topological polar surface area (TPSA) is 21.3 Å². The minimum atomic E-state index is 0.249. The van der Waals surface area contributed by atoms with Crippen LogP contribution in [0.25, 0.3) is 0 Å². The maximum atomic E-state index is 5.13. The smallest absolute Gasteiger partial charge is 0.0587 e. The third-order valence-corrected chi connectivity index (χ3v) is 4.21. The molecule has 2 heteroatoms.